The van der Waals surface area contributed by atoms with Gasteiger partial charge in [0.15, 0.2) is 7.98 Å². The molecule has 0 aliphatic carbocycles. The third-order valence-electron chi connectivity index (χ3n) is 1.09. The van der Waals surface area contributed by atoms with Gasteiger partial charge in [-0.05, 0) is 13.1 Å². The molecule has 1 fully saturated rings. The summed E-state index contributed by atoms with van der Waals surface area (Å²) in [5, 5.41) is 4.11. The van der Waals surface area contributed by atoms with Crippen molar-refractivity contribution in [2.45, 2.75) is 0 Å². The Morgan fingerprint density at radius 2 is 1.75 bits per heavy atom. The van der Waals surface area contributed by atoms with E-state index < -0.39 is 0 Å². The van der Waals surface area contributed by atoms with Gasteiger partial charge in [-0.1, -0.05) is 0 Å². The molecule has 2 nitrogen and oxygen atoms in total. The molecule has 0 atom stereocenters. The summed E-state index contributed by atoms with van der Waals surface area (Å²) in [6, 6.07) is 0. The van der Waals surface area contributed by atoms with Crippen molar-refractivity contribution >= 4 is 7.98 Å². The molecule has 3 radical (unpaired) electrons. The number of piperazine rings is 1. The number of rotatable bonds is 0. The zero-order valence-electron chi connectivity index (χ0n) is 4.88. The Morgan fingerprint density at radius 1 is 1.25 bits per heavy atom. The van der Waals surface area contributed by atoms with Gasteiger partial charge in [0, 0.05) is 32.7 Å². The third-order valence-corrected chi connectivity index (χ3v) is 1.09. The van der Waals surface area contributed by atoms with Crippen molar-refractivity contribution in [1.29, 1.82) is 0 Å². The first kappa shape index (κ1) is 9.09. The molecule has 0 bridgehead atoms. The van der Waals surface area contributed by atoms with Crippen LogP contribution in [0.5, 0.6) is 0 Å². The van der Waals surface area contributed by atoms with Crippen molar-refractivity contribution in [3.05, 3.63) is 5.32 Å². The van der Waals surface area contributed by atoms with Gasteiger partial charge in [0.25, 0.3) is 0 Å². The molecule has 1 aliphatic rings. The zero-order valence-corrected chi connectivity index (χ0v) is 7.72. The van der Waals surface area contributed by atoms with Gasteiger partial charge in [-0.3, -0.25) is 0 Å². The second-order valence-corrected chi connectivity index (χ2v) is 1.71. The molecule has 0 amide bonds. The van der Waals surface area contributed by atoms with Crippen LogP contribution in [0.25, 0.3) is 5.32 Å². The zero-order chi connectivity index (χ0) is 5.11. The van der Waals surface area contributed by atoms with Gasteiger partial charge in [-0.15, -0.1) is 13.1 Å². The van der Waals surface area contributed by atoms with Crippen LogP contribution in [0.3, 0.4) is 0 Å². The Hall–Kier alpha value is 1.09. The second kappa shape index (κ2) is 4.92. The fourth-order valence-electron chi connectivity index (χ4n) is 0.622. The Bertz CT molecular complexity index is 56.0. The van der Waals surface area contributed by atoms with Crippen LogP contribution in [-0.4, -0.2) is 39.0 Å². The van der Waals surface area contributed by atoms with Gasteiger partial charge in [-0.25, -0.2) is 0 Å². The molecule has 1 heterocycles. The molecule has 0 aromatic heterocycles. The Kier molecular flexibility index (Phi) is 5.59. The van der Waals surface area contributed by atoms with Crippen molar-refractivity contribution < 1.29 is 32.7 Å². The molecule has 8 heavy (non-hydrogen) atoms. The first-order valence-corrected chi connectivity index (χ1v) is 2.52. The minimum Gasteiger partial charge on any atom is -0.660 e. The molecule has 0 spiro atoms. The molecule has 4 heteroatoms. The van der Waals surface area contributed by atoms with Gasteiger partial charge in [0.2, 0.25) is 0 Å². The van der Waals surface area contributed by atoms with Crippen molar-refractivity contribution in [3.8, 4) is 0 Å². The molecule has 0 N–H and O–H groups in total. The minimum atomic E-state index is 0. The van der Waals surface area contributed by atoms with Crippen molar-refractivity contribution in [1.82, 2.24) is 4.81 Å². The topological polar surface area (TPSA) is 17.3 Å². The largest absolute Gasteiger partial charge is 0.660 e. The van der Waals surface area contributed by atoms with Crippen LogP contribution in [0.1, 0.15) is 0 Å². The maximum atomic E-state index is 5.41. The van der Waals surface area contributed by atoms with Crippen molar-refractivity contribution in [2.75, 3.05) is 26.2 Å². The molecule has 0 aromatic carbocycles. The van der Waals surface area contributed by atoms with Gasteiger partial charge in [-0.2, -0.15) is 0 Å². The Balaban J connectivity index is 0.000000490. The molecule has 0 unspecified atom stereocenters. The normalized spacial score (nSPS) is 22.0. The van der Waals surface area contributed by atoms with E-state index in [-0.39, 0.29) is 32.7 Å². The van der Waals surface area contributed by atoms with Gasteiger partial charge in [0.1, 0.15) is 0 Å². The van der Waals surface area contributed by atoms with E-state index in [4.69, 9.17) is 7.98 Å². The van der Waals surface area contributed by atoms with E-state index in [0.29, 0.717) is 0 Å². The van der Waals surface area contributed by atoms with Crippen LogP contribution in [0.2, 0.25) is 0 Å². The van der Waals surface area contributed by atoms with Crippen LogP contribution in [-0.2, 0) is 32.7 Å². The summed E-state index contributed by atoms with van der Waals surface area (Å²) in [5.41, 5.74) is 0. The van der Waals surface area contributed by atoms with Crippen LogP contribution in [0, 0.1) is 0 Å². The molecular formula is C4H8BN2Y-. The van der Waals surface area contributed by atoms with Crippen molar-refractivity contribution in [2.24, 2.45) is 0 Å². The summed E-state index contributed by atoms with van der Waals surface area (Å²) in [5.74, 6) is 0. The smallest absolute Gasteiger partial charge is 0.182 e. The van der Waals surface area contributed by atoms with Crippen LogP contribution < -0.4 is 0 Å². The van der Waals surface area contributed by atoms with E-state index in [1.54, 1.807) is 4.81 Å². The fourth-order valence-corrected chi connectivity index (χ4v) is 0.622. The Morgan fingerprint density at radius 3 is 2.00 bits per heavy atom. The van der Waals surface area contributed by atoms with E-state index in [9.17, 15) is 0 Å². The first-order chi connectivity index (χ1) is 3.39. The van der Waals surface area contributed by atoms with E-state index in [1.165, 1.54) is 0 Å². The summed E-state index contributed by atoms with van der Waals surface area (Å²) >= 11 is 0. The summed E-state index contributed by atoms with van der Waals surface area (Å²) in [4.78, 5) is 1.80. The number of hydrogen-bond acceptors (Lipinski definition) is 1. The van der Waals surface area contributed by atoms with E-state index >= 15 is 0 Å². The molecule has 1 saturated heterocycles. The predicted molar refractivity (Wildman–Crippen MR) is 30.4 cm³/mol. The standard InChI is InChI=1S/C4H8BN2.Y/c5-7-3-1-6-2-4-7;/h1-4H2;/q-1;. The summed E-state index contributed by atoms with van der Waals surface area (Å²) in [6.45, 7) is 3.69. The first-order valence-electron chi connectivity index (χ1n) is 2.52. The molecule has 1 rings (SSSR count). The summed E-state index contributed by atoms with van der Waals surface area (Å²) < 4.78 is 0. The second-order valence-electron chi connectivity index (χ2n) is 1.71. The monoisotopic (exact) mass is 184 g/mol. The maximum absolute atomic E-state index is 5.41. The van der Waals surface area contributed by atoms with Gasteiger partial charge in [0.05, 0.1) is 0 Å². The quantitative estimate of drug-likeness (QED) is 0.474. The van der Waals surface area contributed by atoms with Crippen LogP contribution >= 0.6 is 0 Å². The number of nitrogens with zero attached hydrogens (tertiary/aromatic N) is 2. The van der Waals surface area contributed by atoms with Gasteiger partial charge < -0.3 is 10.1 Å². The van der Waals surface area contributed by atoms with E-state index in [2.05, 4.69) is 5.32 Å². The minimum absolute atomic E-state index is 0. The van der Waals surface area contributed by atoms with Gasteiger partial charge >= 0.3 is 0 Å². The predicted octanol–water partition coefficient (Wildman–Crippen LogP) is -0.243. The number of hydrogen-bond donors (Lipinski definition) is 0. The van der Waals surface area contributed by atoms with E-state index in [1.807, 2.05) is 0 Å². The molecule has 0 saturated carbocycles. The Labute approximate surface area is 76.7 Å². The molecule has 41 valence electrons. The van der Waals surface area contributed by atoms with Crippen LogP contribution in [0.15, 0.2) is 0 Å². The fraction of sp³-hybridized carbons (Fsp3) is 1.00. The van der Waals surface area contributed by atoms with E-state index in [0.717, 1.165) is 26.2 Å². The molecule has 1 aliphatic heterocycles. The molecular weight excluding hydrogens is 176 g/mol. The SMILES string of the molecule is [B]N1CC[N-]CC1.[Y]. The van der Waals surface area contributed by atoms with Crippen molar-refractivity contribution in [3.63, 3.8) is 0 Å². The summed E-state index contributed by atoms with van der Waals surface area (Å²) in [6.07, 6.45) is 0. The average Bonchev–Trinajstić information content (AvgIpc) is 1.69. The molecule has 0 aromatic rings. The summed E-state index contributed by atoms with van der Waals surface area (Å²) in [7, 11) is 5.41. The van der Waals surface area contributed by atoms with Crippen LogP contribution in [0.4, 0.5) is 0 Å². The third kappa shape index (κ3) is 3.18. The average molecular weight is 184 g/mol. The maximum Gasteiger partial charge on any atom is 0.182 e.